The van der Waals surface area contributed by atoms with E-state index in [-0.39, 0.29) is 5.82 Å². The minimum atomic E-state index is -0.420. The van der Waals surface area contributed by atoms with Crippen molar-refractivity contribution in [2.24, 2.45) is 0 Å². The Bertz CT molecular complexity index is 1390. The fourth-order valence-electron chi connectivity index (χ4n) is 3.96. The quantitative estimate of drug-likeness (QED) is 0.306. The lowest BCUT2D eigenvalue weighted by Crippen LogP contribution is -2.33. The molecule has 0 saturated heterocycles. The summed E-state index contributed by atoms with van der Waals surface area (Å²) in [5.74, 6) is 0.0561. The predicted octanol–water partition coefficient (Wildman–Crippen LogP) is 6.86. The second-order valence-electron chi connectivity index (χ2n) is 7.78. The Morgan fingerprint density at radius 2 is 1.82 bits per heavy atom. The Balaban J connectivity index is 1.82. The third-order valence-corrected chi connectivity index (χ3v) is 6.14. The molecule has 5 nitrogen and oxygen atoms in total. The van der Waals surface area contributed by atoms with Gasteiger partial charge < -0.3 is 14.2 Å². The van der Waals surface area contributed by atoms with Crippen molar-refractivity contribution < 1.29 is 13.9 Å². The van der Waals surface area contributed by atoms with Gasteiger partial charge in [0.15, 0.2) is 0 Å². The van der Waals surface area contributed by atoms with Gasteiger partial charge in [-0.2, -0.15) is 5.26 Å². The molecule has 172 valence electrons. The van der Waals surface area contributed by atoms with Crippen molar-refractivity contribution in [3.63, 3.8) is 0 Å². The van der Waals surface area contributed by atoms with E-state index in [1.54, 1.807) is 29.2 Å². The number of benzene rings is 3. The van der Waals surface area contributed by atoms with Gasteiger partial charge in [0.05, 0.1) is 11.6 Å². The highest BCUT2D eigenvalue weighted by Gasteiger charge is 2.19. The molecule has 1 heterocycles. The summed E-state index contributed by atoms with van der Waals surface area (Å²) in [5, 5.41) is 10.4. The molecule has 1 aromatic heterocycles. The van der Waals surface area contributed by atoms with Gasteiger partial charge in [-0.3, -0.25) is 0 Å². The van der Waals surface area contributed by atoms with E-state index >= 15 is 0 Å². The van der Waals surface area contributed by atoms with E-state index in [1.807, 2.05) is 48.9 Å². The van der Waals surface area contributed by atoms with Gasteiger partial charge >= 0.3 is 6.09 Å². The maximum atomic E-state index is 13.5. The predicted molar refractivity (Wildman–Crippen MR) is 132 cm³/mol. The molecular formula is C27H23ClFN3O2. The molecule has 0 atom stereocenters. The standard InChI is InChI=1S/C27H23ClFN3O2/c1-3-31(4-2)27(33)34-25-12-11-24-22(26(25)19-7-5-18(16-30)6-8-19)13-14-32(24)17-20-9-10-21(29)15-23(20)28/h5-15H,3-4,17H2,1-2H3. The number of ether oxygens (including phenoxy) is 1. The summed E-state index contributed by atoms with van der Waals surface area (Å²) in [6.07, 6.45) is 1.50. The van der Waals surface area contributed by atoms with Gasteiger partial charge in [-0.15, -0.1) is 0 Å². The molecule has 0 aliphatic heterocycles. The van der Waals surface area contributed by atoms with Gasteiger partial charge in [0.25, 0.3) is 0 Å². The highest BCUT2D eigenvalue weighted by atomic mass is 35.5. The summed E-state index contributed by atoms with van der Waals surface area (Å²) in [4.78, 5) is 14.3. The van der Waals surface area contributed by atoms with E-state index in [1.165, 1.54) is 12.1 Å². The number of amides is 1. The summed E-state index contributed by atoms with van der Waals surface area (Å²) in [6, 6.07) is 19.3. The minimum Gasteiger partial charge on any atom is -0.410 e. The van der Waals surface area contributed by atoms with Gasteiger partial charge in [-0.1, -0.05) is 29.8 Å². The normalized spacial score (nSPS) is 10.8. The molecule has 34 heavy (non-hydrogen) atoms. The summed E-state index contributed by atoms with van der Waals surface area (Å²) in [6.45, 7) is 5.33. The number of rotatable bonds is 6. The molecule has 0 unspecified atom stereocenters. The zero-order valence-electron chi connectivity index (χ0n) is 18.9. The van der Waals surface area contributed by atoms with Crippen LogP contribution in [0.2, 0.25) is 5.02 Å². The summed E-state index contributed by atoms with van der Waals surface area (Å²) < 4.78 is 21.3. The molecule has 0 aliphatic carbocycles. The van der Waals surface area contributed by atoms with Crippen LogP contribution in [0.4, 0.5) is 9.18 Å². The van der Waals surface area contributed by atoms with E-state index in [0.29, 0.717) is 36.0 Å². The van der Waals surface area contributed by atoms with E-state index in [2.05, 4.69) is 6.07 Å². The number of nitrogens with zero attached hydrogens (tertiary/aromatic N) is 3. The van der Waals surface area contributed by atoms with Crippen LogP contribution >= 0.6 is 11.6 Å². The van der Waals surface area contributed by atoms with Crippen molar-refractivity contribution in [2.45, 2.75) is 20.4 Å². The van der Waals surface area contributed by atoms with Crippen LogP contribution in [-0.2, 0) is 6.54 Å². The molecule has 4 rings (SSSR count). The van der Waals surface area contributed by atoms with Crippen molar-refractivity contribution >= 4 is 28.6 Å². The van der Waals surface area contributed by atoms with Crippen LogP contribution in [-0.4, -0.2) is 28.6 Å². The second-order valence-corrected chi connectivity index (χ2v) is 8.19. The van der Waals surface area contributed by atoms with E-state index in [0.717, 1.165) is 27.6 Å². The fourth-order valence-corrected chi connectivity index (χ4v) is 4.19. The van der Waals surface area contributed by atoms with Crippen LogP contribution < -0.4 is 4.74 Å². The summed E-state index contributed by atoms with van der Waals surface area (Å²) >= 11 is 6.25. The van der Waals surface area contributed by atoms with Gasteiger partial charge in [0, 0.05) is 47.3 Å². The van der Waals surface area contributed by atoms with E-state index < -0.39 is 6.09 Å². The summed E-state index contributed by atoms with van der Waals surface area (Å²) in [5.41, 5.74) is 3.82. The molecular weight excluding hydrogens is 453 g/mol. The van der Waals surface area contributed by atoms with Crippen molar-refractivity contribution in [1.29, 1.82) is 5.26 Å². The van der Waals surface area contributed by atoms with Crippen LogP contribution in [0.25, 0.3) is 22.0 Å². The fraction of sp³-hybridized carbons (Fsp3) is 0.185. The molecule has 0 bridgehead atoms. The summed E-state index contributed by atoms with van der Waals surface area (Å²) in [7, 11) is 0. The van der Waals surface area contributed by atoms with E-state index in [9.17, 15) is 14.4 Å². The number of hydrogen-bond donors (Lipinski definition) is 0. The molecule has 0 spiro atoms. The first-order valence-electron chi connectivity index (χ1n) is 11.0. The largest absolute Gasteiger partial charge is 0.415 e. The average Bonchev–Trinajstić information content (AvgIpc) is 3.24. The number of halogens is 2. The van der Waals surface area contributed by atoms with Gasteiger partial charge in [0.1, 0.15) is 11.6 Å². The monoisotopic (exact) mass is 475 g/mol. The number of aromatic nitrogens is 1. The van der Waals surface area contributed by atoms with Crippen LogP contribution in [0.3, 0.4) is 0 Å². The van der Waals surface area contributed by atoms with Crippen molar-refractivity contribution in [3.05, 3.63) is 88.8 Å². The Labute approximate surface area is 202 Å². The smallest absolute Gasteiger partial charge is 0.410 e. The molecule has 0 fully saturated rings. The lowest BCUT2D eigenvalue weighted by Gasteiger charge is -2.20. The molecule has 3 aromatic carbocycles. The number of carbonyl (C=O) groups excluding carboxylic acids is 1. The maximum Gasteiger partial charge on any atom is 0.415 e. The highest BCUT2D eigenvalue weighted by molar-refractivity contribution is 6.31. The third kappa shape index (κ3) is 4.61. The van der Waals surface area contributed by atoms with Crippen molar-refractivity contribution in [2.75, 3.05) is 13.1 Å². The third-order valence-electron chi connectivity index (χ3n) is 5.79. The molecule has 0 saturated carbocycles. The van der Waals surface area contributed by atoms with Gasteiger partial charge in [-0.05, 0) is 67.4 Å². The lowest BCUT2D eigenvalue weighted by molar-refractivity contribution is 0.157. The first-order valence-corrected chi connectivity index (χ1v) is 11.4. The van der Waals surface area contributed by atoms with Crippen LogP contribution in [0.15, 0.2) is 66.9 Å². The number of hydrogen-bond acceptors (Lipinski definition) is 3. The Kier molecular flexibility index (Phi) is 6.85. The van der Waals surface area contributed by atoms with Crippen molar-refractivity contribution in [3.8, 4) is 22.9 Å². The first kappa shape index (κ1) is 23.3. The number of nitriles is 1. The zero-order chi connectivity index (χ0) is 24.2. The van der Waals surface area contributed by atoms with Crippen molar-refractivity contribution in [1.82, 2.24) is 9.47 Å². The van der Waals surface area contributed by atoms with E-state index in [4.69, 9.17) is 16.3 Å². The second kappa shape index (κ2) is 9.98. The molecule has 4 aromatic rings. The highest BCUT2D eigenvalue weighted by Crippen LogP contribution is 2.38. The first-order chi connectivity index (χ1) is 16.4. The maximum absolute atomic E-state index is 13.5. The topological polar surface area (TPSA) is 58.3 Å². The minimum absolute atomic E-state index is 0.360. The number of carbonyl (C=O) groups is 1. The number of fused-ring (bicyclic) bond motifs is 1. The molecule has 7 heteroatoms. The van der Waals surface area contributed by atoms with Gasteiger partial charge in [0.2, 0.25) is 0 Å². The molecule has 0 radical (unpaired) electrons. The SMILES string of the molecule is CCN(CC)C(=O)Oc1ccc2c(ccn2Cc2ccc(F)cc2Cl)c1-c1ccc(C#N)cc1. The zero-order valence-corrected chi connectivity index (χ0v) is 19.6. The Morgan fingerprint density at radius 1 is 1.09 bits per heavy atom. The Hall–Kier alpha value is -3.82. The molecule has 0 N–H and O–H groups in total. The van der Waals surface area contributed by atoms with Crippen LogP contribution in [0, 0.1) is 17.1 Å². The average molecular weight is 476 g/mol. The van der Waals surface area contributed by atoms with Crippen LogP contribution in [0.1, 0.15) is 25.0 Å². The van der Waals surface area contributed by atoms with Crippen LogP contribution in [0.5, 0.6) is 5.75 Å². The molecule has 1 amide bonds. The lowest BCUT2D eigenvalue weighted by atomic mass is 9.99. The molecule has 0 aliphatic rings. The van der Waals surface area contributed by atoms with Gasteiger partial charge in [-0.25, -0.2) is 9.18 Å². The Morgan fingerprint density at radius 3 is 2.47 bits per heavy atom.